The normalized spacial score (nSPS) is 17.9. The van der Waals surface area contributed by atoms with Crippen LogP contribution in [0.4, 0.5) is 0 Å². The molecule has 3 rings (SSSR count). The van der Waals surface area contributed by atoms with Crippen molar-refractivity contribution >= 4 is 39.1 Å². The number of benzene rings is 2. The van der Waals surface area contributed by atoms with Crippen LogP contribution < -0.4 is 10.1 Å². The van der Waals surface area contributed by atoms with Crippen LogP contribution in [0, 0.1) is 12.8 Å². The number of halogens is 2. The Labute approximate surface area is 219 Å². The van der Waals surface area contributed by atoms with E-state index >= 15 is 0 Å². The predicted molar refractivity (Wildman–Crippen MR) is 142 cm³/mol. The molecule has 0 bridgehead atoms. The summed E-state index contributed by atoms with van der Waals surface area (Å²) in [7, 11) is -2.03. The molecule has 1 heterocycles. The highest BCUT2D eigenvalue weighted by atomic mass is 35.5. The highest BCUT2D eigenvalue weighted by Gasteiger charge is 2.33. The number of amides is 1. The summed E-state index contributed by atoms with van der Waals surface area (Å²) in [5, 5.41) is 3.74. The molecule has 0 unspecified atom stereocenters. The van der Waals surface area contributed by atoms with Gasteiger partial charge in [-0.25, -0.2) is 12.7 Å². The summed E-state index contributed by atoms with van der Waals surface area (Å²) in [5.41, 5.74) is 3.52. The highest BCUT2D eigenvalue weighted by molar-refractivity contribution is 7.88. The second kappa shape index (κ2) is 11.5. The fraction of sp³-hybridized carbons (Fsp3) is 0.500. The number of hydrogen-bond acceptors (Lipinski definition) is 4. The summed E-state index contributed by atoms with van der Waals surface area (Å²) in [5.74, 6) is 0.252. The number of nitrogens with zero attached hydrogens (tertiary/aromatic N) is 1. The van der Waals surface area contributed by atoms with Crippen LogP contribution >= 0.6 is 23.2 Å². The number of hydrogen-bond donors (Lipinski definition) is 1. The quantitative estimate of drug-likeness (QED) is 0.455. The number of rotatable bonds is 8. The second-order valence-corrected chi connectivity index (χ2v) is 12.3. The Balaban J connectivity index is 1.72. The first-order valence-electron chi connectivity index (χ1n) is 11.8. The molecule has 0 radical (unpaired) electrons. The van der Waals surface area contributed by atoms with Gasteiger partial charge in [0.15, 0.2) is 0 Å². The van der Waals surface area contributed by atoms with E-state index < -0.39 is 15.9 Å². The fourth-order valence-electron chi connectivity index (χ4n) is 4.57. The van der Waals surface area contributed by atoms with Crippen molar-refractivity contribution in [2.45, 2.75) is 58.2 Å². The van der Waals surface area contributed by atoms with Crippen molar-refractivity contribution in [2.24, 2.45) is 5.92 Å². The third-order valence-corrected chi connectivity index (χ3v) is 9.08. The van der Waals surface area contributed by atoms with Crippen molar-refractivity contribution in [3.8, 4) is 5.75 Å². The van der Waals surface area contributed by atoms with Crippen LogP contribution in [0.15, 0.2) is 30.3 Å². The molecule has 2 aromatic carbocycles. The third-order valence-electron chi connectivity index (χ3n) is 6.60. The number of aryl methyl sites for hydroxylation is 1. The van der Waals surface area contributed by atoms with Gasteiger partial charge >= 0.3 is 0 Å². The minimum Gasteiger partial charge on any atom is -0.496 e. The molecule has 0 spiro atoms. The van der Waals surface area contributed by atoms with E-state index in [0.717, 1.165) is 22.4 Å². The van der Waals surface area contributed by atoms with Gasteiger partial charge < -0.3 is 10.1 Å². The highest BCUT2D eigenvalue weighted by Crippen LogP contribution is 2.33. The lowest BCUT2D eigenvalue weighted by Crippen LogP contribution is -2.46. The number of nitrogens with one attached hydrogen (secondary N) is 1. The van der Waals surface area contributed by atoms with Crippen molar-refractivity contribution in [3.05, 3.63) is 62.6 Å². The van der Waals surface area contributed by atoms with Gasteiger partial charge in [0.2, 0.25) is 15.9 Å². The lowest BCUT2D eigenvalue weighted by molar-refractivity contribution is -0.126. The maximum Gasteiger partial charge on any atom is 0.224 e. The van der Waals surface area contributed by atoms with Crippen LogP contribution in [0.2, 0.25) is 10.0 Å². The topological polar surface area (TPSA) is 75.7 Å². The van der Waals surface area contributed by atoms with Gasteiger partial charge in [-0.15, -0.1) is 0 Å². The maximum atomic E-state index is 13.2. The molecule has 1 fully saturated rings. The fourth-order valence-corrected chi connectivity index (χ4v) is 6.93. The van der Waals surface area contributed by atoms with Gasteiger partial charge in [-0.3, -0.25) is 4.79 Å². The molecular weight excluding hydrogens is 507 g/mol. The van der Waals surface area contributed by atoms with Gasteiger partial charge in [0.1, 0.15) is 5.75 Å². The Morgan fingerprint density at radius 2 is 1.83 bits per heavy atom. The molecule has 35 heavy (non-hydrogen) atoms. The Morgan fingerprint density at radius 1 is 1.17 bits per heavy atom. The van der Waals surface area contributed by atoms with E-state index in [2.05, 4.69) is 25.2 Å². The largest absolute Gasteiger partial charge is 0.496 e. The molecule has 9 heteroatoms. The minimum absolute atomic E-state index is 0.141. The lowest BCUT2D eigenvalue weighted by Gasteiger charge is -2.32. The Hall–Kier alpha value is -1.80. The summed E-state index contributed by atoms with van der Waals surface area (Å²) in [6.07, 6.45) is 1.25. The van der Waals surface area contributed by atoms with Crippen molar-refractivity contribution in [1.29, 1.82) is 0 Å². The van der Waals surface area contributed by atoms with E-state index in [0.29, 0.717) is 35.0 Å². The first-order chi connectivity index (χ1) is 16.4. The van der Waals surface area contributed by atoms with Crippen molar-refractivity contribution < 1.29 is 17.9 Å². The zero-order valence-corrected chi connectivity index (χ0v) is 23.2. The van der Waals surface area contributed by atoms with Gasteiger partial charge in [-0.2, -0.15) is 0 Å². The van der Waals surface area contributed by atoms with Crippen LogP contribution in [-0.2, 0) is 20.6 Å². The van der Waals surface area contributed by atoms with Gasteiger partial charge in [-0.1, -0.05) is 43.1 Å². The average molecular weight is 542 g/mol. The molecule has 192 valence electrons. The van der Waals surface area contributed by atoms with Gasteiger partial charge in [0.25, 0.3) is 0 Å². The van der Waals surface area contributed by atoms with E-state index in [1.54, 1.807) is 25.3 Å². The summed E-state index contributed by atoms with van der Waals surface area (Å²) in [6.45, 7) is 8.67. The molecule has 0 aromatic heterocycles. The molecule has 1 N–H and O–H groups in total. The molecule has 1 aliphatic heterocycles. The maximum absolute atomic E-state index is 13.2. The number of carbonyl (C=O) groups excluding carboxylic acids is 1. The predicted octanol–water partition coefficient (Wildman–Crippen LogP) is 5.85. The van der Waals surface area contributed by atoms with Gasteiger partial charge in [0.05, 0.1) is 24.8 Å². The van der Waals surface area contributed by atoms with E-state index in [4.69, 9.17) is 27.9 Å². The van der Waals surface area contributed by atoms with Gasteiger partial charge in [-0.05, 0) is 73.6 Å². The zero-order chi connectivity index (χ0) is 25.9. The van der Waals surface area contributed by atoms with Crippen LogP contribution in [0.5, 0.6) is 5.75 Å². The molecule has 0 saturated carbocycles. The number of ether oxygens (including phenoxy) is 1. The SMILES string of the molecule is COc1cc(C)c([C@H](C)NC(=O)[C@@H]2CCCN(S(=O)(=O)Cc3c(Cl)cccc3Cl)C2)cc1C(C)C. The molecular formula is C26H34Cl2N2O4S. The average Bonchev–Trinajstić information content (AvgIpc) is 2.81. The first-order valence-corrected chi connectivity index (χ1v) is 14.2. The lowest BCUT2D eigenvalue weighted by atomic mass is 9.92. The monoisotopic (exact) mass is 540 g/mol. The molecule has 1 amide bonds. The number of methoxy groups -OCH3 is 1. The van der Waals surface area contributed by atoms with Crippen molar-refractivity contribution in [3.63, 3.8) is 0 Å². The Morgan fingerprint density at radius 3 is 2.43 bits per heavy atom. The van der Waals surface area contributed by atoms with E-state index in [-0.39, 0.29) is 30.2 Å². The summed E-state index contributed by atoms with van der Waals surface area (Å²) in [6, 6.07) is 8.80. The summed E-state index contributed by atoms with van der Waals surface area (Å²) >= 11 is 12.4. The Bertz CT molecular complexity index is 1160. The van der Waals surface area contributed by atoms with E-state index in [1.165, 1.54) is 4.31 Å². The van der Waals surface area contributed by atoms with Crippen LogP contribution in [0.1, 0.15) is 67.8 Å². The molecule has 6 nitrogen and oxygen atoms in total. The smallest absolute Gasteiger partial charge is 0.224 e. The van der Waals surface area contributed by atoms with Crippen molar-refractivity contribution in [1.82, 2.24) is 9.62 Å². The van der Waals surface area contributed by atoms with Crippen LogP contribution in [0.25, 0.3) is 0 Å². The standard InChI is InChI=1S/C26H34Cl2N2O4S/c1-16(2)20-13-21(17(3)12-25(20)34-5)18(4)29-26(31)19-8-7-11-30(14-19)35(32,33)15-22-23(27)9-6-10-24(22)28/h6,9-10,12-13,16,18-19H,7-8,11,14-15H2,1-5H3,(H,29,31)/t18-,19+/m0/s1. The molecule has 0 aliphatic carbocycles. The third kappa shape index (κ3) is 6.50. The molecule has 1 saturated heterocycles. The van der Waals surface area contributed by atoms with E-state index in [9.17, 15) is 13.2 Å². The van der Waals surface area contributed by atoms with Crippen molar-refractivity contribution in [2.75, 3.05) is 20.2 Å². The number of sulfonamides is 1. The number of carbonyl (C=O) groups is 1. The first kappa shape index (κ1) is 27.8. The summed E-state index contributed by atoms with van der Waals surface area (Å²) < 4.78 is 33.2. The zero-order valence-electron chi connectivity index (χ0n) is 20.9. The molecule has 2 aromatic rings. The minimum atomic E-state index is -3.69. The second-order valence-electron chi connectivity index (χ2n) is 9.49. The number of piperidine rings is 1. The summed E-state index contributed by atoms with van der Waals surface area (Å²) in [4.78, 5) is 13.2. The Kier molecular flexibility index (Phi) is 9.13. The van der Waals surface area contributed by atoms with Crippen LogP contribution in [-0.4, -0.2) is 38.8 Å². The molecule has 1 aliphatic rings. The molecule has 2 atom stereocenters. The van der Waals surface area contributed by atoms with E-state index in [1.807, 2.05) is 19.9 Å². The van der Waals surface area contributed by atoms with Crippen LogP contribution in [0.3, 0.4) is 0 Å². The van der Waals surface area contributed by atoms with Gasteiger partial charge in [0, 0.05) is 28.7 Å².